The van der Waals surface area contributed by atoms with Crippen molar-refractivity contribution in [2.75, 3.05) is 28.6 Å². The Bertz CT molecular complexity index is 2130. The number of imidazole rings is 1. The number of benzene rings is 2. The smallest absolute Gasteiger partial charge is 0.335 e. The molecule has 5 aromatic rings. The van der Waals surface area contributed by atoms with Crippen LogP contribution in [0.3, 0.4) is 0 Å². The normalized spacial score (nSPS) is 13.4. The third-order valence-electron chi connectivity index (χ3n) is 8.09. The lowest BCUT2D eigenvalue weighted by molar-refractivity contribution is 0.0696. The predicted octanol–water partition coefficient (Wildman–Crippen LogP) is 0.754. The van der Waals surface area contributed by atoms with E-state index in [-0.39, 0.29) is 52.3 Å². The lowest BCUT2D eigenvalue weighted by Crippen LogP contribution is -2.44. The van der Waals surface area contributed by atoms with E-state index in [0.29, 0.717) is 25.1 Å². The summed E-state index contributed by atoms with van der Waals surface area (Å²) in [5.74, 6) is -2.40. The molecule has 0 fully saturated rings. The summed E-state index contributed by atoms with van der Waals surface area (Å²) in [6.45, 7) is 2.78. The van der Waals surface area contributed by atoms with Crippen LogP contribution in [-0.4, -0.2) is 43.8 Å². The minimum absolute atomic E-state index is 0.0168. The summed E-state index contributed by atoms with van der Waals surface area (Å²) in [4.78, 5) is 71.7. The molecule has 0 bridgehead atoms. The second-order valence-electron chi connectivity index (χ2n) is 11.0. The number of nitrogens with two attached hydrogens (primary N) is 3. The second kappa shape index (κ2) is 11.4. The molecule has 3 aromatic carbocycles. The number of nitrogens with zero attached hydrogens (tertiary/aromatic N) is 4. The first kappa shape index (κ1) is 29.8. The van der Waals surface area contributed by atoms with E-state index in [4.69, 9.17) is 22.3 Å². The number of amides is 2. The number of rotatable bonds is 8. The van der Waals surface area contributed by atoms with Gasteiger partial charge in [-0.3, -0.25) is 23.6 Å². The number of nitrogen functional groups attached to an aromatic ring is 3. The molecule has 9 N–H and O–H groups in total. The quantitative estimate of drug-likeness (QED) is 0.131. The highest BCUT2D eigenvalue weighted by Crippen LogP contribution is 2.27. The molecular weight excluding hydrogens is 594 g/mol. The van der Waals surface area contributed by atoms with Crippen LogP contribution in [0.1, 0.15) is 66.6 Å². The molecule has 2 amide bonds. The summed E-state index contributed by atoms with van der Waals surface area (Å²) < 4.78 is 1.26. The molecule has 6 rings (SSSR count). The molecule has 0 unspecified atom stereocenters. The Hall–Kier alpha value is -6.25. The molecule has 0 spiro atoms. The SMILES string of the molecule is C[C@H](NC(=O)c1cc(C(=O)NCc2ccc3c(c2)CN(c2c(N)c(=O)c2=O)CC3)n2c(N)nc(N)c2n1)c1ccc(C(=O)O)cc1. The van der Waals surface area contributed by atoms with Gasteiger partial charge in [-0.15, -0.1) is 0 Å². The number of fused-ring (bicyclic) bond motifs is 2. The van der Waals surface area contributed by atoms with Crippen molar-refractivity contribution in [3.05, 3.63) is 108 Å². The summed E-state index contributed by atoms with van der Waals surface area (Å²) in [5.41, 5.74) is 20.3. The van der Waals surface area contributed by atoms with Crippen LogP contribution in [0, 0.1) is 0 Å². The summed E-state index contributed by atoms with van der Waals surface area (Å²) in [7, 11) is 0. The Labute approximate surface area is 260 Å². The van der Waals surface area contributed by atoms with Gasteiger partial charge in [0.1, 0.15) is 22.8 Å². The van der Waals surface area contributed by atoms with Crippen molar-refractivity contribution in [1.29, 1.82) is 0 Å². The average molecular weight is 624 g/mol. The number of carboxylic acids is 1. The molecule has 234 valence electrons. The first-order valence-electron chi connectivity index (χ1n) is 14.2. The van der Waals surface area contributed by atoms with Gasteiger partial charge in [-0.25, -0.2) is 9.78 Å². The first-order chi connectivity index (χ1) is 21.9. The van der Waals surface area contributed by atoms with Crippen molar-refractivity contribution < 1.29 is 19.5 Å². The van der Waals surface area contributed by atoms with Crippen molar-refractivity contribution in [1.82, 2.24) is 25.0 Å². The zero-order valence-corrected chi connectivity index (χ0v) is 24.5. The van der Waals surface area contributed by atoms with Crippen molar-refractivity contribution in [3.8, 4) is 0 Å². The van der Waals surface area contributed by atoms with E-state index >= 15 is 0 Å². The second-order valence-corrected chi connectivity index (χ2v) is 11.0. The van der Waals surface area contributed by atoms with Gasteiger partial charge in [0.2, 0.25) is 5.95 Å². The van der Waals surface area contributed by atoms with Crippen molar-refractivity contribution in [3.63, 3.8) is 0 Å². The van der Waals surface area contributed by atoms with Gasteiger partial charge in [0.05, 0.1) is 11.6 Å². The van der Waals surface area contributed by atoms with E-state index in [1.165, 1.54) is 22.6 Å². The van der Waals surface area contributed by atoms with Crippen molar-refractivity contribution in [2.45, 2.75) is 32.5 Å². The van der Waals surface area contributed by atoms with E-state index in [2.05, 4.69) is 20.6 Å². The summed E-state index contributed by atoms with van der Waals surface area (Å²) in [5, 5.41) is 14.8. The monoisotopic (exact) mass is 623 g/mol. The van der Waals surface area contributed by atoms with Crippen LogP contribution in [0.4, 0.5) is 23.1 Å². The van der Waals surface area contributed by atoms with E-state index in [1.807, 2.05) is 18.2 Å². The molecule has 0 radical (unpaired) electrons. The summed E-state index contributed by atoms with van der Waals surface area (Å²) >= 11 is 0. The number of hydrogen-bond donors (Lipinski definition) is 6. The van der Waals surface area contributed by atoms with Crippen LogP contribution in [0.25, 0.3) is 5.65 Å². The van der Waals surface area contributed by atoms with Crippen molar-refractivity contribution in [2.24, 2.45) is 0 Å². The maximum Gasteiger partial charge on any atom is 0.335 e. The zero-order valence-electron chi connectivity index (χ0n) is 24.5. The fourth-order valence-electron chi connectivity index (χ4n) is 5.58. The number of carboxylic acid groups (broad SMARTS) is 1. The Kier molecular flexibility index (Phi) is 7.35. The molecule has 15 nitrogen and oxygen atoms in total. The molecule has 1 aliphatic heterocycles. The number of anilines is 4. The van der Waals surface area contributed by atoms with E-state index in [9.17, 15) is 24.0 Å². The minimum atomic E-state index is -1.06. The third kappa shape index (κ3) is 5.23. The first-order valence-corrected chi connectivity index (χ1v) is 14.2. The maximum atomic E-state index is 13.5. The third-order valence-corrected chi connectivity index (χ3v) is 8.09. The van der Waals surface area contributed by atoms with Gasteiger partial charge < -0.3 is 37.8 Å². The van der Waals surface area contributed by atoms with Gasteiger partial charge in [-0.1, -0.05) is 30.3 Å². The van der Waals surface area contributed by atoms with E-state index in [0.717, 1.165) is 16.7 Å². The van der Waals surface area contributed by atoms with Crippen LogP contribution < -0.4 is 43.6 Å². The van der Waals surface area contributed by atoms with Crippen LogP contribution in [0.5, 0.6) is 0 Å². The molecule has 3 heterocycles. The molecule has 2 aromatic heterocycles. The highest BCUT2D eigenvalue weighted by Gasteiger charge is 2.27. The fraction of sp³-hybridized carbons (Fsp3) is 0.194. The standard InChI is InChI=1S/C31H29N9O6/c1-14(16-4-6-18(7-5-16)30(45)46)36-28(43)20-11-21(40-27(37-20)26(33)38-31(40)34)29(44)35-12-15-2-3-17-8-9-39(13-19(17)10-15)23-22(32)24(41)25(23)42/h2-7,10-11,14H,8-9,12-13,32-33H2,1H3,(H2,34,38)(H,35,44)(H,36,43)(H,45,46)/t14-/m0/s1. The Morgan fingerprint density at radius 1 is 0.957 bits per heavy atom. The predicted molar refractivity (Wildman–Crippen MR) is 169 cm³/mol. The van der Waals surface area contributed by atoms with Crippen LogP contribution >= 0.6 is 0 Å². The highest BCUT2D eigenvalue weighted by molar-refractivity contribution is 5.99. The average Bonchev–Trinajstić information content (AvgIpc) is 3.35. The molecule has 0 aliphatic carbocycles. The molecule has 1 aliphatic rings. The van der Waals surface area contributed by atoms with Crippen LogP contribution in [0.2, 0.25) is 0 Å². The zero-order chi connectivity index (χ0) is 32.9. The highest BCUT2D eigenvalue weighted by atomic mass is 16.4. The van der Waals surface area contributed by atoms with Gasteiger partial charge in [-0.2, -0.15) is 4.98 Å². The number of aromatic nitrogens is 3. The lowest BCUT2D eigenvalue weighted by Gasteiger charge is -2.32. The van der Waals surface area contributed by atoms with Crippen molar-refractivity contribution >= 4 is 46.6 Å². The Morgan fingerprint density at radius 2 is 1.70 bits per heavy atom. The molecule has 0 saturated carbocycles. The van der Waals surface area contributed by atoms with Gasteiger partial charge in [0, 0.05) is 19.6 Å². The topological polar surface area (TPSA) is 241 Å². The maximum absolute atomic E-state index is 13.5. The summed E-state index contributed by atoms with van der Waals surface area (Å²) in [6.07, 6.45) is 0.660. The minimum Gasteiger partial charge on any atom is -0.478 e. The Morgan fingerprint density at radius 3 is 2.39 bits per heavy atom. The van der Waals surface area contributed by atoms with Crippen LogP contribution in [-0.2, 0) is 19.5 Å². The van der Waals surface area contributed by atoms with Gasteiger partial charge in [0.15, 0.2) is 11.5 Å². The van der Waals surface area contributed by atoms with Gasteiger partial charge >= 0.3 is 5.97 Å². The summed E-state index contributed by atoms with van der Waals surface area (Å²) in [6, 6.07) is 12.6. The molecule has 15 heteroatoms. The number of carbonyl (C=O) groups is 3. The Balaban J connectivity index is 1.21. The van der Waals surface area contributed by atoms with Gasteiger partial charge in [0.25, 0.3) is 22.7 Å². The number of hydrogen-bond acceptors (Lipinski definition) is 11. The molecule has 46 heavy (non-hydrogen) atoms. The largest absolute Gasteiger partial charge is 0.478 e. The number of carbonyl (C=O) groups excluding carboxylic acids is 2. The number of nitrogens with one attached hydrogen (secondary N) is 2. The fourth-order valence-corrected chi connectivity index (χ4v) is 5.58. The van der Waals surface area contributed by atoms with E-state index < -0.39 is 34.7 Å². The van der Waals surface area contributed by atoms with E-state index in [1.54, 1.807) is 24.0 Å². The molecule has 1 atom stereocenters. The molecule has 0 saturated heterocycles. The molecular formula is C31H29N9O6. The van der Waals surface area contributed by atoms with Crippen LogP contribution in [0.15, 0.2) is 58.1 Å². The number of aromatic carboxylic acids is 1. The lowest BCUT2D eigenvalue weighted by atomic mass is 9.96. The van der Waals surface area contributed by atoms with Gasteiger partial charge in [-0.05, 0) is 53.8 Å².